The fourth-order valence-electron chi connectivity index (χ4n) is 3.57. The second kappa shape index (κ2) is 7.23. The number of para-hydroxylation sites is 2. The second-order valence-electron chi connectivity index (χ2n) is 7.10. The maximum atomic E-state index is 12.3. The Morgan fingerprint density at radius 2 is 1.89 bits per heavy atom. The number of anilines is 1. The predicted octanol–water partition coefficient (Wildman–Crippen LogP) is 3.22. The number of nitrogens with zero attached hydrogens (tertiary/aromatic N) is 3. The third-order valence-electron chi connectivity index (χ3n) is 5.00. The number of fused-ring (bicyclic) bond motifs is 1. The van der Waals surface area contributed by atoms with Crippen molar-refractivity contribution in [1.82, 2.24) is 14.5 Å². The molecule has 2 aromatic carbocycles. The van der Waals surface area contributed by atoms with Crippen molar-refractivity contribution < 1.29 is 9.59 Å². The molecule has 6 nitrogen and oxygen atoms in total. The zero-order valence-electron chi connectivity index (χ0n) is 15.3. The van der Waals surface area contributed by atoms with Gasteiger partial charge in [-0.05, 0) is 55.2 Å². The molecule has 138 valence electrons. The lowest BCUT2D eigenvalue weighted by Gasteiger charge is -2.30. The van der Waals surface area contributed by atoms with E-state index in [1.54, 1.807) is 23.4 Å². The first-order valence-corrected chi connectivity index (χ1v) is 9.24. The Morgan fingerprint density at radius 1 is 1.11 bits per heavy atom. The summed E-state index contributed by atoms with van der Waals surface area (Å²) in [6.45, 7) is 3.41. The summed E-state index contributed by atoms with van der Waals surface area (Å²) in [6, 6.07) is 15.3. The summed E-state index contributed by atoms with van der Waals surface area (Å²) in [5.74, 6) is -0.587. The minimum atomic E-state index is -0.579. The van der Waals surface area contributed by atoms with Crippen LogP contribution in [0.3, 0.4) is 0 Å². The number of rotatable bonds is 2. The molecular formula is C21H22N4O2. The first-order valence-electron chi connectivity index (χ1n) is 9.24. The smallest absolute Gasteiger partial charge is 0.313 e. The van der Waals surface area contributed by atoms with Crippen LogP contribution in [0.5, 0.6) is 0 Å². The largest absolute Gasteiger partial charge is 0.334 e. The molecule has 1 aliphatic heterocycles. The van der Waals surface area contributed by atoms with Crippen LogP contribution >= 0.6 is 0 Å². The van der Waals surface area contributed by atoms with Crippen LogP contribution in [0.15, 0.2) is 54.9 Å². The standard InChI is InChI=1S/C21H22N4O2/c1-15-5-4-12-24(13-15)21(27)20(26)23-16-8-10-17(11-9-16)25-14-22-18-6-2-3-7-19(18)25/h2-3,6-11,14-15H,4-5,12-13H2,1H3,(H,23,26). The number of hydrogen-bond donors (Lipinski definition) is 1. The summed E-state index contributed by atoms with van der Waals surface area (Å²) in [4.78, 5) is 30.7. The molecule has 1 unspecified atom stereocenters. The van der Waals surface area contributed by atoms with E-state index in [4.69, 9.17) is 0 Å². The van der Waals surface area contributed by atoms with E-state index in [-0.39, 0.29) is 0 Å². The molecule has 0 bridgehead atoms. The number of likely N-dealkylation sites (tertiary alicyclic amines) is 1. The van der Waals surface area contributed by atoms with E-state index >= 15 is 0 Å². The fourth-order valence-corrected chi connectivity index (χ4v) is 3.57. The van der Waals surface area contributed by atoms with Crippen LogP contribution in [0.2, 0.25) is 0 Å². The normalized spacial score (nSPS) is 17.1. The van der Waals surface area contributed by atoms with Crippen molar-refractivity contribution in [2.75, 3.05) is 18.4 Å². The third kappa shape index (κ3) is 3.56. The topological polar surface area (TPSA) is 67.2 Å². The molecule has 1 aliphatic rings. The summed E-state index contributed by atoms with van der Waals surface area (Å²) in [7, 11) is 0. The summed E-state index contributed by atoms with van der Waals surface area (Å²) >= 11 is 0. The first kappa shape index (κ1) is 17.3. The molecule has 1 N–H and O–H groups in total. The van der Waals surface area contributed by atoms with Crippen molar-refractivity contribution in [3.05, 3.63) is 54.9 Å². The summed E-state index contributed by atoms with van der Waals surface area (Å²) in [5.41, 5.74) is 3.49. The van der Waals surface area contributed by atoms with Gasteiger partial charge in [-0.25, -0.2) is 4.98 Å². The van der Waals surface area contributed by atoms with Gasteiger partial charge >= 0.3 is 11.8 Å². The lowest BCUT2D eigenvalue weighted by Crippen LogP contribution is -2.44. The van der Waals surface area contributed by atoms with Crippen molar-refractivity contribution in [3.63, 3.8) is 0 Å². The Hall–Kier alpha value is -3.15. The number of carbonyl (C=O) groups excluding carboxylic acids is 2. The molecule has 2 amide bonds. The lowest BCUT2D eigenvalue weighted by molar-refractivity contribution is -0.144. The van der Waals surface area contributed by atoms with Crippen LogP contribution in [0.25, 0.3) is 16.7 Å². The van der Waals surface area contributed by atoms with Gasteiger partial charge in [0.05, 0.1) is 11.0 Å². The van der Waals surface area contributed by atoms with Gasteiger partial charge in [-0.3, -0.25) is 14.2 Å². The number of carbonyl (C=O) groups is 2. The average molecular weight is 362 g/mol. The monoisotopic (exact) mass is 362 g/mol. The summed E-state index contributed by atoms with van der Waals surface area (Å²) in [5, 5.41) is 2.71. The number of imidazole rings is 1. The number of nitrogens with one attached hydrogen (secondary N) is 1. The van der Waals surface area contributed by atoms with Gasteiger partial charge in [-0.15, -0.1) is 0 Å². The number of piperidine rings is 1. The number of hydrogen-bond acceptors (Lipinski definition) is 3. The highest BCUT2D eigenvalue weighted by atomic mass is 16.2. The molecule has 1 fully saturated rings. The molecule has 4 rings (SSSR count). The summed E-state index contributed by atoms with van der Waals surface area (Å²) < 4.78 is 1.99. The zero-order chi connectivity index (χ0) is 18.8. The molecule has 27 heavy (non-hydrogen) atoms. The highest BCUT2D eigenvalue weighted by Crippen LogP contribution is 2.20. The minimum Gasteiger partial charge on any atom is -0.334 e. The van der Waals surface area contributed by atoms with Crippen molar-refractivity contribution in [1.29, 1.82) is 0 Å². The van der Waals surface area contributed by atoms with E-state index in [0.717, 1.165) is 29.6 Å². The Morgan fingerprint density at radius 3 is 2.67 bits per heavy atom. The van der Waals surface area contributed by atoms with Crippen LogP contribution in [-0.2, 0) is 9.59 Å². The molecule has 1 saturated heterocycles. The predicted molar refractivity (Wildman–Crippen MR) is 105 cm³/mol. The highest BCUT2D eigenvalue weighted by Gasteiger charge is 2.26. The molecule has 0 radical (unpaired) electrons. The van der Waals surface area contributed by atoms with Gasteiger partial charge in [0, 0.05) is 24.5 Å². The number of aromatic nitrogens is 2. The van der Waals surface area contributed by atoms with Gasteiger partial charge in [0.2, 0.25) is 0 Å². The van der Waals surface area contributed by atoms with Gasteiger partial charge in [-0.2, -0.15) is 0 Å². The molecule has 0 spiro atoms. The van der Waals surface area contributed by atoms with Gasteiger partial charge in [0.25, 0.3) is 0 Å². The maximum Gasteiger partial charge on any atom is 0.313 e. The average Bonchev–Trinajstić information content (AvgIpc) is 3.12. The Bertz CT molecular complexity index is 977. The molecule has 0 aliphatic carbocycles. The minimum absolute atomic E-state index is 0.444. The highest BCUT2D eigenvalue weighted by molar-refractivity contribution is 6.39. The van der Waals surface area contributed by atoms with Gasteiger partial charge < -0.3 is 10.2 Å². The van der Waals surface area contributed by atoms with E-state index in [1.165, 1.54) is 0 Å². The number of amides is 2. The number of benzene rings is 2. The van der Waals surface area contributed by atoms with Crippen LogP contribution in [0, 0.1) is 5.92 Å². The molecule has 2 heterocycles. The van der Waals surface area contributed by atoms with Crippen molar-refractivity contribution in [2.45, 2.75) is 19.8 Å². The van der Waals surface area contributed by atoms with Crippen LogP contribution < -0.4 is 5.32 Å². The molecular weight excluding hydrogens is 340 g/mol. The molecule has 6 heteroatoms. The summed E-state index contributed by atoms with van der Waals surface area (Å²) in [6.07, 6.45) is 3.84. The van der Waals surface area contributed by atoms with E-state index in [1.807, 2.05) is 41.0 Å². The van der Waals surface area contributed by atoms with Gasteiger partial charge in [-0.1, -0.05) is 19.1 Å². The van der Waals surface area contributed by atoms with E-state index in [9.17, 15) is 9.59 Å². The Labute approximate surface area is 157 Å². The van der Waals surface area contributed by atoms with Gasteiger partial charge in [0.15, 0.2) is 0 Å². The fraction of sp³-hybridized carbons (Fsp3) is 0.286. The molecule has 1 aromatic heterocycles. The zero-order valence-corrected chi connectivity index (χ0v) is 15.3. The Kier molecular flexibility index (Phi) is 4.62. The van der Waals surface area contributed by atoms with Crippen LogP contribution in [0.4, 0.5) is 5.69 Å². The Balaban J connectivity index is 1.46. The SMILES string of the molecule is CC1CCCN(C(=O)C(=O)Nc2ccc(-n3cnc4ccccc43)cc2)C1. The van der Waals surface area contributed by atoms with E-state index in [2.05, 4.69) is 17.2 Å². The van der Waals surface area contributed by atoms with Gasteiger partial charge in [0.1, 0.15) is 6.33 Å². The third-order valence-corrected chi connectivity index (χ3v) is 5.00. The van der Waals surface area contributed by atoms with Crippen molar-refractivity contribution in [2.24, 2.45) is 5.92 Å². The maximum absolute atomic E-state index is 12.3. The quantitative estimate of drug-likeness (QED) is 0.712. The molecule has 1 atom stereocenters. The van der Waals surface area contributed by atoms with E-state index < -0.39 is 11.8 Å². The van der Waals surface area contributed by atoms with Crippen LogP contribution in [-0.4, -0.2) is 39.4 Å². The molecule has 0 saturated carbocycles. The van der Waals surface area contributed by atoms with E-state index in [0.29, 0.717) is 24.7 Å². The first-order chi connectivity index (χ1) is 13.1. The second-order valence-corrected chi connectivity index (χ2v) is 7.10. The van der Waals surface area contributed by atoms with Crippen molar-refractivity contribution >= 4 is 28.5 Å². The van der Waals surface area contributed by atoms with Crippen LogP contribution in [0.1, 0.15) is 19.8 Å². The van der Waals surface area contributed by atoms with Crippen molar-refractivity contribution in [3.8, 4) is 5.69 Å². The lowest BCUT2D eigenvalue weighted by atomic mass is 10.0. The molecule has 3 aromatic rings.